The molecule has 0 aromatic heterocycles. The maximum atomic E-state index is 12.5. The molecule has 10 heteroatoms. The number of allylic oxidation sites excluding steroid dienone is 1. The summed E-state index contributed by atoms with van der Waals surface area (Å²) in [5.74, 6) is -3.69. The average molecular weight is 357 g/mol. The summed E-state index contributed by atoms with van der Waals surface area (Å²) in [6, 6.07) is 3.99. The molecule has 5 nitrogen and oxygen atoms in total. The van der Waals surface area contributed by atoms with Gasteiger partial charge in [-0.1, -0.05) is 23.2 Å². The molecule has 1 aromatic rings. The standard InChI is InChI=1S/C12H9Cl2F3N2O3/c1-2-22-11(21)9(10(20)12(15,16)17)19-18-8-5-6(13)3-4-7(8)14/h3-5,20H,2H2,1H3/b10-9+,19-18?. The molecule has 0 fully saturated rings. The van der Waals surface area contributed by atoms with Crippen LogP contribution in [0.1, 0.15) is 6.92 Å². The third-order valence-corrected chi connectivity index (χ3v) is 2.68. The zero-order chi connectivity index (χ0) is 16.9. The third kappa shape index (κ3) is 4.88. The summed E-state index contributed by atoms with van der Waals surface area (Å²) in [7, 11) is 0. The fourth-order valence-electron chi connectivity index (χ4n) is 1.18. The van der Waals surface area contributed by atoms with E-state index < -0.39 is 23.6 Å². The largest absolute Gasteiger partial charge is 0.502 e. The molecular weight excluding hydrogens is 348 g/mol. The maximum Gasteiger partial charge on any atom is 0.451 e. The number of benzene rings is 1. The molecule has 0 aliphatic carbocycles. The van der Waals surface area contributed by atoms with Crippen LogP contribution in [0.15, 0.2) is 39.9 Å². The summed E-state index contributed by atoms with van der Waals surface area (Å²) in [5, 5.41) is 15.8. The van der Waals surface area contributed by atoms with Gasteiger partial charge in [0.2, 0.25) is 11.5 Å². The lowest BCUT2D eigenvalue weighted by molar-refractivity contribution is -0.143. The molecule has 1 N–H and O–H groups in total. The van der Waals surface area contributed by atoms with Gasteiger partial charge in [0.25, 0.3) is 0 Å². The number of rotatable bonds is 4. The molecule has 0 saturated carbocycles. The van der Waals surface area contributed by atoms with E-state index in [1.54, 1.807) is 0 Å². The van der Waals surface area contributed by atoms with Crippen molar-refractivity contribution in [3.63, 3.8) is 0 Å². The zero-order valence-corrected chi connectivity index (χ0v) is 12.5. The Hall–Kier alpha value is -1.80. The molecule has 0 radical (unpaired) electrons. The number of carbonyl (C=O) groups excluding carboxylic acids is 1. The normalized spacial score (nSPS) is 13.2. The molecule has 22 heavy (non-hydrogen) atoms. The number of hydrogen-bond donors (Lipinski definition) is 1. The predicted molar refractivity (Wildman–Crippen MR) is 73.3 cm³/mol. The lowest BCUT2D eigenvalue weighted by Crippen LogP contribution is -2.18. The molecule has 0 aliphatic heterocycles. The Balaban J connectivity index is 3.27. The van der Waals surface area contributed by atoms with Crippen LogP contribution in [0.4, 0.5) is 18.9 Å². The minimum atomic E-state index is -5.18. The van der Waals surface area contributed by atoms with Crippen molar-refractivity contribution in [1.82, 2.24) is 0 Å². The highest BCUT2D eigenvalue weighted by Gasteiger charge is 2.39. The molecule has 0 unspecified atom stereocenters. The van der Waals surface area contributed by atoms with E-state index in [1.165, 1.54) is 25.1 Å². The number of nitrogens with zero attached hydrogens (tertiary/aromatic N) is 2. The van der Waals surface area contributed by atoms with Crippen molar-refractivity contribution in [1.29, 1.82) is 0 Å². The van der Waals surface area contributed by atoms with Crippen molar-refractivity contribution < 1.29 is 27.8 Å². The minimum Gasteiger partial charge on any atom is -0.502 e. The Bertz CT molecular complexity index is 631. The van der Waals surface area contributed by atoms with Crippen LogP contribution in [0.2, 0.25) is 10.0 Å². The van der Waals surface area contributed by atoms with Crippen LogP contribution in [0.3, 0.4) is 0 Å². The Kier molecular flexibility index (Phi) is 6.19. The van der Waals surface area contributed by atoms with Gasteiger partial charge in [0.05, 0.1) is 11.6 Å². The van der Waals surface area contributed by atoms with Crippen LogP contribution in [0, 0.1) is 0 Å². The monoisotopic (exact) mass is 356 g/mol. The molecule has 0 bridgehead atoms. The third-order valence-electron chi connectivity index (χ3n) is 2.13. The summed E-state index contributed by atoms with van der Waals surface area (Å²) in [4.78, 5) is 11.5. The summed E-state index contributed by atoms with van der Waals surface area (Å²) in [6.45, 7) is 1.17. The first-order valence-corrected chi connectivity index (χ1v) is 6.46. The van der Waals surface area contributed by atoms with E-state index in [2.05, 4.69) is 15.0 Å². The second-order valence-corrected chi connectivity index (χ2v) is 4.55. The highest BCUT2D eigenvalue weighted by Crippen LogP contribution is 2.31. The first kappa shape index (κ1) is 18.2. The van der Waals surface area contributed by atoms with Crippen LogP contribution in [-0.4, -0.2) is 23.9 Å². The van der Waals surface area contributed by atoms with Crippen molar-refractivity contribution in [3.8, 4) is 0 Å². The maximum absolute atomic E-state index is 12.5. The van der Waals surface area contributed by atoms with Gasteiger partial charge in [-0.25, -0.2) is 4.79 Å². The second-order valence-electron chi connectivity index (χ2n) is 3.71. The summed E-state index contributed by atoms with van der Waals surface area (Å²) in [5.41, 5.74) is -1.46. The Morgan fingerprint density at radius 3 is 2.55 bits per heavy atom. The number of alkyl halides is 3. The molecule has 0 aliphatic rings. The van der Waals surface area contributed by atoms with Crippen molar-refractivity contribution in [2.45, 2.75) is 13.1 Å². The minimum absolute atomic E-state index is 0.0443. The van der Waals surface area contributed by atoms with Gasteiger partial charge in [0, 0.05) is 5.02 Å². The fraction of sp³-hybridized carbons (Fsp3) is 0.250. The van der Waals surface area contributed by atoms with Crippen LogP contribution in [0.25, 0.3) is 0 Å². The van der Waals surface area contributed by atoms with Gasteiger partial charge in [-0.05, 0) is 25.1 Å². The van der Waals surface area contributed by atoms with Gasteiger partial charge in [-0.2, -0.15) is 13.2 Å². The predicted octanol–water partition coefficient (Wildman–Crippen LogP) is 4.97. The number of aliphatic hydroxyl groups excluding tert-OH is 1. The first-order chi connectivity index (χ1) is 10.2. The summed E-state index contributed by atoms with van der Waals surface area (Å²) >= 11 is 11.4. The average Bonchev–Trinajstić information content (AvgIpc) is 2.41. The second kappa shape index (κ2) is 7.46. The lowest BCUT2D eigenvalue weighted by atomic mass is 10.3. The van der Waals surface area contributed by atoms with E-state index in [4.69, 9.17) is 28.3 Å². The zero-order valence-electron chi connectivity index (χ0n) is 11.0. The molecular formula is C12H9Cl2F3N2O3. The van der Waals surface area contributed by atoms with E-state index in [1.807, 2.05) is 0 Å². The van der Waals surface area contributed by atoms with Crippen molar-refractivity contribution in [2.24, 2.45) is 10.2 Å². The van der Waals surface area contributed by atoms with E-state index in [0.717, 1.165) is 0 Å². The van der Waals surface area contributed by atoms with Gasteiger partial charge < -0.3 is 9.84 Å². The quantitative estimate of drug-likeness (QED) is 0.358. The number of esters is 1. The van der Waals surface area contributed by atoms with Crippen LogP contribution in [0.5, 0.6) is 0 Å². The lowest BCUT2D eigenvalue weighted by Gasteiger charge is -2.08. The fourth-order valence-corrected chi connectivity index (χ4v) is 1.51. The van der Waals surface area contributed by atoms with Crippen LogP contribution < -0.4 is 0 Å². The van der Waals surface area contributed by atoms with Gasteiger partial charge >= 0.3 is 12.1 Å². The van der Waals surface area contributed by atoms with Crippen molar-refractivity contribution in [3.05, 3.63) is 39.7 Å². The first-order valence-electron chi connectivity index (χ1n) is 5.71. The SMILES string of the molecule is CCOC(=O)/C(N=Nc1cc(Cl)ccc1Cl)=C(\O)C(F)(F)F. The molecule has 0 atom stereocenters. The Morgan fingerprint density at radius 1 is 1.36 bits per heavy atom. The van der Waals surface area contributed by atoms with Gasteiger partial charge in [0.1, 0.15) is 5.69 Å². The van der Waals surface area contributed by atoms with Crippen molar-refractivity contribution >= 4 is 34.9 Å². The topological polar surface area (TPSA) is 71.2 Å². The molecule has 0 heterocycles. The molecule has 0 amide bonds. The number of aliphatic hydroxyl groups is 1. The van der Waals surface area contributed by atoms with Gasteiger partial charge in [-0.3, -0.25) is 0 Å². The summed E-state index contributed by atoms with van der Waals surface area (Å²) < 4.78 is 41.9. The number of halogens is 5. The number of ether oxygens (including phenoxy) is 1. The molecule has 0 saturated heterocycles. The number of carbonyl (C=O) groups is 1. The van der Waals surface area contributed by atoms with E-state index >= 15 is 0 Å². The highest BCUT2D eigenvalue weighted by atomic mass is 35.5. The molecule has 1 rings (SSSR count). The molecule has 0 spiro atoms. The number of hydrogen-bond acceptors (Lipinski definition) is 5. The van der Waals surface area contributed by atoms with Gasteiger partial charge in [0.15, 0.2) is 0 Å². The van der Waals surface area contributed by atoms with E-state index in [0.29, 0.717) is 0 Å². The van der Waals surface area contributed by atoms with Gasteiger partial charge in [-0.15, -0.1) is 10.2 Å². The Labute approximate surface area is 133 Å². The molecule has 120 valence electrons. The van der Waals surface area contributed by atoms with Crippen molar-refractivity contribution in [2.75, 3.05) is 6.61 Å². The molecule has 1 aromatic carbocycles. The summed E-state index contributed by atoms with van der Waals surface area (Å²) in [6.07, 6.45) is -5.18. The smallest absolute Gasteiger partial charge is 0.451 e. The van der Waals surface area contributed by atoms with E-state index in [-0.39, 0.29) is 22.3 Å². The van der Waals surface area contributed by atoms with E-state index in [9.17, 15) is 18.0 Å². The highest BCUT2D eigenvalue weighted by molar-refractivity contribution is 6.35. The Morgan fingerprint density at radius 2 is 2.00 bits per heavy atom. The van der Waals surface area contributed by atoms with Crippen LogP contribution in [-0.2, 0) is 9.53 Å². The van der Waals surface area contributed by atoms with Crippen LogP contribution >= 0.6 is 23.2 Å². The number of azo groups is 1.